The summed E-state index contributed by atoms with van der Waals surface area (Å²) in [5, 5.41) is 0. The lowest BCUT2D eigenvalue weighted by Crippen LogP contribution is -2.24. The van der Waals surface area contributed by atoms with Crippen molar-refractivity contribution in [3.05, 3.63) is 18.2 Å². The van der Waals surface area contributed by atoms with Gasteiger partial charge in [-0.3, -0.25) is 0 Å². The minimum atomic E-state index is 0.0814. The Labute approximate surface area is 109 Å². The molecule has 4 unspecified atom stereocenters. The van der Waals surface area contributed by atoms with E-state index in [1.807, 2.05) is 12.5 Å². The van der Waals surface area contributed by atoms with Crippen LogP contribution in [0.2, 0.25) is 0 Å². The van der Waals surface area contributed by atoms with Gasteiger partial charge in [-0.2, -0.15) is 0 Å². The molecule has 1 saturated heterocycles. The summed E-state index contributed by atoms with van der Waals surface area (Å²) >= 11 is 0. The maximum Gasteiger partial charge on any atom is 0.0951 e. The maximum atomic E-state index is 6.39. The quantitative estimate of drug-likeness (QED) is 0.871. The van der Waals surface area contributed by atoms with E-state index in [1.165, 1.54) is 25.0 Å². The van der Waals surface area contributed by atoms with E-state index in [1.54, 1.807) is 0 Å². The Kier molecular flexibility index (Phi) is 3.39. The van der Waals surface area contributed by atoms with Gasteiger partial charge in [0.05, 0.1) is 24.7 Å². The van der Waals surface area contributed by atoms with Gasteiger partial charge in [0.1, 0.15) is 0 Å². The molecule has 18 heavy (non-hydrogen) atoms. The van der Waals surface area contributed by atoms with Gasteiger partial charge in [-0.25, -0.2) is 4.98 Å². The molecule has 2 fully saturated rings. The third-order valence-corrected chi connectivity index (χ3v) is 4.41. The molecule has 2 heterocycles. The molecule has 3 rings (SSSR count). The molecule has 0 aromatic carbocycles. The van der Waals surface area contributed by atoms with E-state index in [0.717, 1.165) is 25.6 Å². The molecule has 1 aliphatic carbocycles. The zero-order valence-corrected chi connectivity index (χ0v) is 11.1. The average Bonchev–Trinajstić information content (AvgIpc) is 2.88. The van der Waals surface area contributed by atoms with Crippen LogP contribution in [0.4, 0.5) is 0 Å². The van der Waals surface area contributed by atoms with Crippen LogP contribution in [0.1, 0.15) is 50.4 Å². The lowest BCUT2D eigenvalue weighted by molar-refractivity contribution is 0.180. The minimum absolute atomic E-state index is 0.0814. The first kappa shape index (κ1) is 12.2. The van der Waals surface area contributed by atoms with Crippen LogP contribution in [0.15, 0.2) is 12.5 Å². The summed E-state index contributed by atoms with van der Waals surface area (Å²) < 4.78 is 7.77. The summed E-state index contributed by atoms with van der Waals surface area (Å²) in [6.07, 6.45) is 8.88. The van der Waals surface area contributed by atoms with Crippen molar-refractivity contribution in [3.8, 4) is 0 Å². The summed E-state index contributed by atoms with van der Waals surface area (Å²) in [5.41, 5.74) is 7.59. The number of rotatable bonds is 5. The highest BCUT2D eigenvalue weighted by molar-refractivity contribution is 5.11. The molecule has 4 heteroatoms. The zero-order valence-electron chi connectivity index (χ0n) is 11.1. The van der Waals surface area contributed by atoms with Gasteiger partial charge in [0.2, 0.25) is 0 Å². The van der Waals surface area contributed by atoms with Crippen LogP contribution in [0.3, 0.4) is 0 Å². The monoisotopic (exact) mass is 249 g/mol. The molecule has 4 atom stereocenters. The molecule has 2 N–H and O–H groups in total. The fraction of sp³-hybridized carbons (Fsp3) is 0.786. The number of nitrogens with two attached hydrogens (primary N) is 1. The van der Waals surface area contributed by atoms with E-state index in [-0.39, 0.29) is 6.04 Å². The van der Waals surface area contributed by atoms with Gasteiger partial charge < -0.3 is 15.0 Å². The average molecular weight is 249 g/mol. The van der Waals surface area contributed by atoms with Gasteiger partial charge in [0, 0.05) is 24.8 Å². The number of aromatic nitrogens is 2. The van der Waals surface area contributed by atoms with Crippen molar-refractivity contribution in [3.63, 3.8) is 0 Å². The number of ether oxygens (including phenoxy) is 1. The fourth-order valence-corrected chi connectivity index (χ4v) is 3.18. The summed E-state index contributed by atoms with van der Waals surface area (Å²) in [4.78, 5) is 4.31. The van der Waals surface area contributed by atoms with Gasteiger partial charge in [-0.05, 0) is 25.2 Å². The van der Waals surface area contributed by atoms with Crippen molar-refractivity contribution in [1.29, 1.82) is 0 Å². The SMILES string of the molecule is CCCC1CC1n1cncc1C(N)C1CCOC1. The molecule has 1 saturated carbocycles. The lowest BCUT2D eigenvalue weighted by Gasteiger charge is -2.19. The molecular weight excluding hydrogens is 226 g/mol. The molecule has 1 aromatic heterocycles. The van der Waals surface area contributed by atoms with Gasteiger partial charge in [-0.1, -0.05) is 13.3 Å². The second-order valence-corrected chi connectivity index (χ2v) is 5.73. The van der Waals surface area contributed by atoms with Gasteiger partial charge in [-0.15, -0.1) is 0 Å². The summed E-state index contributed by atoms with van der Waals surface area (Å²) in [5.74, 6) is 1.30. The molecule has 0 bridgehead atoms. The summed E-state index contributed by atoms with van der Waals surface area (Å²) in [7, 11) is 0. The Bertz CT molecular complexity index is 397. The fourth-order valence-electron chi connectivity index (χ4n) is 3.18. The van der Waals surface area contributed by atoms with E-state index in [2.05, 4.69) is 16.5 Å². The topological polar surface area (TPSA) is 53.1 Å². The van der Waals surface area contributed by atoms with E-state index >= 15 is 0 Å². The largest absolute Gasteiger partial charge is 0.381 e. The van der Waals surface area contributed by atoms with Crippen LogP contribution in [-0.2, 0) is 4.74 Å². The maximum absolute atomic E-state index is 6.39. The second kappa shape index (κ2) is 5.02. The highest BCUT2D eigenvalue weighted by Gasteiger charge is 2.39. The molecule has 100 valence electrons. The molecule has 0 amide bonds. The third kappa shape index (κ3) is 2.19. The van der Waals surface area contributed by atoms with Crippen LogP contribution in [0.25, 0.3) is 0 Å². The highest BCUT2D eigenvalue weighted by atomic mass is 16.5. The van der Waals surface area contributed by atoms with Crippen LogP contribution >= 0.6 is 0 Å². The standard InChI is InChI=1S/C14H23N3O/c1-2-3-10-6-12(10)17-9-16-7-13(17)14(15)11-4-5-18-8-11/h7,9-12,14H,2-6,8,15H2,1H3. The van der Waals surface area contributed by atoms with E-state index in [0.29, 0.717) is 12.0 Å². The van der Waals surface area contributed by atoms with E-state index in [9.17, 15) is 0 Å². The smallest absolute Gasteiger partial charge is 0.0951 e. The Morgan fingerprint density at radius 1 is 1.61 bits per heavy atom. The molecule has 0 radical (unpaired) electrons. The summed E-state index contributed by atoms with van der Waals surface area (Å²) in [6.45, 7) is 3.91. The Balaban J connectivity index is 1.71. The number of hydrogen-bond donors (Lipinski definition) is 1. The lowest BCUT2D eigenvalue weighted by atomic mass is 9.97. The van der Waals surface area contributed by atoms with Gasteiger partial charge in [0.15, 0.2) is 0 Å². The van der Waals surface area contributed by atoms with Crippen molar-refractivity contribution in [2.45, 2.75) is 44.7 Å². The predicted octanol–water partition coefficient (Wildman–Crippen LogP) is 2.28. The van der Waals surface area contributed by atoms with Crippen LogP contribution in [0.5, 0.6) is 0 Å². The van der Waals surface area contributed by atoms with Gasteiger partial charge >= 0.3 is 0 Å². The predicted molar refractivity (Wildman–Crippen MR) is 70.1 cm³/mol. The van der Waals surface area contributed by atoms with Crippen LogP contribution in [-0.4, -0.2) is 22.8 Å². The third-order valence-electron chi connectivity index (χ3n) is 4.41. The summed E-state index contributed by atoms with van der Waals surface area (Å²) in [6, 6.07) is 0.730. The Morgan fingerprint density at radius 3 is 3.22 bits per heavy atom. The van der Waals surface area contributed by atoms with E-state index < -0.39 is 0 Å². The van der Waals surface area contributed by atoms with Crippen molar-refractivity contribution < 1.29 is 4.74 Å². The first-order valence-electron chi connectivity index (χ1n) is 7.16. The normalized spacial score (nSPS) is 32.7. The Morgan fingerprint density at radius 2 is 2.50 bits per heavy atom. The van der Waals surface area contributed by atoms with Crippen molar-refractivity contribution in [1.82, 2.24) is 9.55 Å². The molecule has 1 aliphatic heterocycles. The first-order chi connectivity index (χ1) is 8.81. The zero-order chi connectivity index (χ0) is 12.5. The van der Waals surface area contributed by atoms with Gasteiger partial charge in [0.25, 0.3) is 0 Å². The number of imidazole rings is 1. The number of nitrogens with zero attached hydrogens (tertiary/aromatic N) is 2. The molecule has 2 aliphatic rings. The molecule has 1 aromatic rings. The van der Waals surface area contributed by atoms with Crippen LogP contribution in [0, 0.1) is 11.8 Å². The van der Waals surface area contributed by atoms with Crippen molar-refractivity contribution >= 4 is 0 Å². The number of hydrogen-bond acceptors (Lipinski definition) is 3. The second-order valence-electron chi connectivity index (χ2n) is 5.73. The minimum Gasteiger partial charge on any atom is -0.381 e. The van der Waals surface area contributed by atoms with Crippen molar-refractivity contribution in [2.24, 2.45) is 17.6 Å². The van der Waals surface area contributed by atoms with E-state index in [4.69, 9.17) is 10.5 Å². The Hall–Kier alpha value is -0.870. The first-order valence-corrected chi connectivity index (χ1v) is 7.16. The molecular formula is C14H23N3O. The van der Waals surface area contributed by atoms with Crippen LogP contribution < -0.4 is 5.73 Å². The molecule has 4 nitrogen and oxygen atoms in total. The molecule has 0 spiro atoms. The highest BCUT2D eigenvalue weighted by Crippen LogP contribution is 2.47. The van der Waals surface area contributed by atoms with Crippen molar-refractivity contribution in [2.75, 3.05) is 13.2 Å².